The van der Waals surface area contributed by atoms with Gasteiger partial charge in [-0.3, -0.25) is 4.84 Å². The van der Waals surface area contributed by atoms with E-state index in [1.807, 2.05) is 30.3 Å². The summed E-state index contributed by atoms with van der Waals surface area (Å²) in [5.41, 5.74) is 1.30. The molecule has 1 aromatic rings. The largest absolute Gasteiger partial charge is 0.385 e. The molecule has 1 saturated carbocycles. The minimum absolute atomic E-state index is 0.211. The van der Waals surface area contributed by atoms with E-state index < -0.39 is 11.3 Å². The average molecular weight is 263 g/mol. The van der Waals surface area contributed by atoms with E-state index in [0.29, 0.717) is 19.3 Å². The van der Waals surface area contributed by atoms with E-state index >= 15 is 0 Å². The van der Waals surface area contributed by atoms with Crippen LogP contribution < -0.4 is 5.48 Å². The Hall–Kier alpha value is -0.940. The monoisotopic (exact) mass is 263 g/mol. The van der Waals surface area contributed by atoms with E-state index in [1.54, 1.807) is 0 Å². The van der Waals surface area contributed by atoms with Gasteiger partial charge in [0.05, 0.1) is 0 Å². The predicted molar refractivity (Wildman–Crippen MR) is 71.0 cm³/mol. The van der Waals surface area contributed by atoms with Gasteiger partial charge in [0.15, 0.2) is 5.72 Å². The molecule has 0 aromatic heterocycles. The molecule has 3 rings (SSSR count). The molecule has 0 radical (unpaired) electrons. The lowest BCUT2D eigenvalue weighted by atomic mass is 9.75. The molecular weight excluding hydrogens is 242 g/mol. The molecule has 1 saturated heterocycles. The molecule has 1 aromatic carbocycles. The first-order chi connectivity index (χ1) is 9.13. The Morgan fingerprint density at radius 2 is 1.74 bits per heavy atom. The van der Waals surface area contributed by atoms with Gasteiger partial charge in [-0.15, -0.1) is 0 Å². The maximum Gasteiger partial charge on any atom is 0.169 e. The molecule has 0 spiro atoms. The van der Waals surface area contributed by atoms with E-state index in [9.17, 15) is 10.2 Å². The van der Waals surface area contributed by atoms with Crippen molar-refractivity contribution in [3.8, 4) is 0 Å². The molecule has 2 fully saturated rings. The first-order valence-electron chi connectivity index (χ1n) is 7.06. The summed E-state index contributed by atoms with van der Waals surface area (Å²) in [6.07, 6.45) is 4.46. The molecule has 2 atom stereocenters. The fraction of sp³-hybridized carbons (Fsp3) is 0.600. The highest BCUT2D eigenvalue weighted by molar-refractivity contribution is 5.19. The molecule has 3 N–H and O–H groups in total. The maximum atomic E-state index is 10.7. The Morgan fingerprint density at radius 3 is 2.42 bits per heavy atom. The van der Waals surface area contributed by atoms with E-state index in [2.05, 4.69) is 5.48 Å². The number of benzene rings is 1. The number of hydrogen-bond acceptors (Lipinski definition) is 4. The molecule has 104 valence electrons. The van der Waals surface area contributed by atoms with Crippen molar-refractivity contribution >= 4 is 0 Å². The van der Waals surface area contributed by atoms with E-state index in [4.69, 9.17) is 4.84 Å². The van der Waals surface area contributed by atoms with Gasteiger partial charge in [-0.2, -0.15) is 5.48 Å². The zero-order valence-corrected chi connectivity index (χ0v) is 11.0. The molecule has 4 heteroatoms. The first-order valence-corrected chi connectivity index (χ1v) is 7.06. The molecule has 19 heavy (non-hydrogen) atoms. The third kappa shape index (κ3) is 2.30. The van der Waals surface area contributed by atoms with Crippen LogP contribution in [0.15, 0.2) is 30.3 Å². The highest BCUT2D eigenvalue weighted by Gasteiger charge is 2.54. The van der Waals surface area contributed by atoms with Crippen LogP contribution in [0.25, 0.3) is 0 Å². The molecule has 1 heterocycles. The number of hydrogen-bond donors (Lipinski definition) is 3. The van der Waals surface area contributed by atoms with Crippen molar-refractivity contribution in [3.05, 3.63) is 35.9 Å². The Bertz CT molecular complexity index is 430. The molecule has 1 aliphatic heterocycles. The highest BCUT2D eigenvalue weighted by Crippen LogP contribution is 2.44. The molecule has 0 amide bonds. The average Bonchev–Trinajstić information content (AvgIpc) is 2.85. The van der Waals surface area contributed by atoms with Gasteiger partial charge in [0, 0.05) is 6.42 Å². The van der Waals surface area contributed by atoms with Crippen LogP contribution in [0.2, 0.25) is 0 Å². The SMILES string of the molecule is OC1([C@]2(O)C[C@@H](c3ccccc3)ON2)CCCCC1. The molecule has 0 unspecified atom stereocenters. The van der Waals surface area contributed by atoms with Crippen LogP contribution in [0, 0.1) is 0 Å². The van der Waals surface area contributed by atoms with Crippen molar-refractivity contribution < 1.29 is 15.1 Å². The van der Waals surface area contributed by atoms with Crippen LogP contribution in [0.3, 0.4) is 0 Å². The van der Waals surface area contributed by atoms with Gasteiger partial charge >= 0.3 is 0 Å². The second-order valence-corrected chi connectivity index (χ2v) is 5.78. The minimum Gasteiger partial charge on any atom is -0.385 e. The van der Waals surface area contributed by atoms with Gasteiger partial charge in [0.25, 0.3) is 0 Å². The van der Waals surface area contributed by atoms with Crippen LogP contribution in [-0.4, -0.2) is 21.5 Å². The second-order valence-electron chi connectivity index (χ2n) is 5.78. The standard InChI is InChI=1S/C15H21NO3/c17-14(9-5-2-6-10-14)15(18)11-13(19-16-15)12-7-3-1-4-8-12/h1,3-4,7-8,13,16-18H,2,5-6,9-11H2/t13-,15+/m0/s1. The van der Waals surface area contributed by atoms with Crippen LogP contribution in [0.5, 0.6) is 0 Å². The van der Waals surface area contributed by atoms with Gasteiger partial charge in [0.2, 0.25) is 0 Å². The maximum absolute atomic E-state index is 10.7. The van der Waals surface area contributed by atoms with Crippen LogP contribution in [0.1, 0.15) is 50.2 Å². The number of rotatable bonds is 2. The zero-order chi connectivity index (χ0) is 13.3. The van der Waals surface area contributed by atoms with Gasteiger partial charge in [-0.05, 0) is 18.4 Å². The smallest absolute Gasteiger partial charge is 0.169 e. The number of hydroxylamine groups is 1. The fourth-order valence-corrected chi connectivity index (χ4v) is 3.21. The molecular formula is C15H21NO3. The van der Waals surface area contributed by atoms with Crippen molar-refractivity contribution in [1.82, 2.24) is 5.48 Å². The Morgan fingerprint density at radius 1 is 1.05 bits per heavy atom. The van der Waals surface area contributed by atoms with Crippen LogP contribution >= 0.6 is 0 Å². The summed E-state index contributed by atoms with van der Waals surface area (Å²) >= 11 is 0. The summed E-state index contributed by atoms with van der Waals surface area (Å²) < 4.78 is 0. The third-order valence-corrected chi connectivity index (χ3v) is 4.47. The molecule has 1 aliphatic carbocycles. The van der Waals surface area contributed by atoms with Crippen molar-refractivity contribution in [2.45, 2.75) is 56.0 Å². The van der Waals surface area contributed by atoms with Crippen LogP contribution in [-0.2, 0) is 4.84 Å². The summed E-state index contributed by atoms with van der Waals surface area (Å²) in [7, 11) is 0. The Kier molecular flexibility index (Phi) is 3.35. The van der Waals surface area contributed by atoms with Crippen molar-refractivity contribution in [1.29, 1.82) is 0 Å². The number of aliphatic hydroxyl groups is 2. The fourth-order valence-electron chi connectivity index (χ4n) is 3.21. The van der Waals surface area contributed by atoms with Gasteiger partial charge in [-0.25, -0.2) is 0 Å². The minimum atomic E-state index is -1.34. The molecule has 2 aliphatic rings. The normalized spacial score (nSPS) is 34.3. The van der Waals surface area contributed by atoms with Crippen molar-refractivity contribution in [2.75, 3.05) is 0 Å². The third-order valence-electron chi connectivity index (χ3n) is 4.47. The Labute approximate surface area is 113 Å². The topological polar surface area (TPSA) is 61.7 Å². The second kappa shape index (κ2) is 4.87. The lowest BCUT2D eigenvalue weighted by Crippen LogP contribution is -2.60. The summed E-state index contributed by atoms with van der Waals surface area (Å²) in [5, 5.41) is 21.4. The van der Waals surface area contributed by atoms with Gasteiger partial charge in [0.1, 0.15) is 11.7 Å². The predicted octanol–water partition coefficient (Wildman–Crippen LogP) is 2.04. The summed E-state index contributed by atoms with van der Waals surface area (Å²) in [5.74, 6) is 0. The van der Waals surface area contributed by atoms with Crippen molar-refractivity contribution in [3.63, 3.8) is 0 Å². The lowest BCUT2D eigenvalue weighted by molar-refractivity contribution is -0.202. The summed E-state index contributed by atoms with van der Waals surface area (Å²) in [4.78, 5) is 5.51. The number of nitrogens with one attached hydrogen (secondary N) is 1. The van der Waals surface area contributed by atoms with Gasteiger partial charge in [-0.1, -0.05) is 49.6 Å². The zero-order valence-electron chi connectivity index (χ0n) is 11.0. The first kappa shape index (κ1) is 13.1. The van der Waals surface area contributed by atoms with E-state index in [1.165, 1.54) is 0 Å². The molecule has 4 nitrogen and oxygen atoms in total. The quantitative estimate of drug-likeness (QED) is 0.764. The Balaban J connectivity index is 1.77. The highest BCUT2D eigenvalue weighted by atomic mass is 16.7. The van der Waals surface area contributed by atoms with Gasteiger partial charge < -0.3 is 10.2 Å². The summed E-state index contributed by atoms with van der Waals surface area (Å²) in [6.45, 7) is 0. The van der Waals surface area contributed by atoms with Crippen LogP contribution in [0.4, 0.5) is 0 Å². The van der Waals surface area contributed by atoms with E-state index in [0.717, 1.165) is 24.8 Å². The van der Waals surface area contributed by atoms with Crippen molar-refractivity contribution in [2.24, 2.45) is 0 Å². The lowest BCUT2D eigenvalue weighted by Gasteiger charge is -2.42. The van der Waals surface area contributed by atoms with E-state index in [-0.39, 0.29) is 6.10 Å². The molecule has 0 bridgehead atoms. The summed E-state index contributed by atoms with van der Waals surface area (Å²) in [6, 6.07) is 9.80.